The van der Waals surface area contributed by atoms with Gasteiger partial charge in [0.2, 0.25) is 5.88 Å². The first-order valence-electron chi connectivity index (χ1n) is 9.20. The van der Waals surface area contributed by atoms with Gasteiger partial charge < -0.3 is 14.8 Å². The summed E-state index contributed by atoms with van der Waals surface area (Å²) >= 11 is 5.83. The fourth-order valence-electron chi connectivity index (χ4n) is 2.71. The Bertz CT molecular complexity index is 1360. The number of nitrogens with zero attached hydrogens (tertiary/aromatic N) is 1. The molecule has 3 aromatic rings. The number of sulfone groups is 1. The lowest BCUT2D eigenvalue weighted by Gasteiger charge is -2.15. The second kappa shape index (κ2) is 9.47. The highest BCUT2D eigenvalue weighted by Gasteiger charge is 2.33. The number of benzene rings is 2. The third-order valence-corrected chi connectivity index (χ3v) is 5.84. The maximum absolute atomic E-state index is 14.5. The molecule has 1 N–H and O–H groups in total. The molecule has 0 aliphatic rings. The van der Waals surface area contributed by atoms with Crippen LogP contribution in [0, 0.1) is 5.82 Å². The Hall–Kier alpha value is -3.38. The fourth-order valence-corrected chi connectivity index (χ4v) is 3.61. The van der Waals surface area contributed by atoms with E-state index in [0.29, 0.717) is 12.3 Å². The van der Waals surface area contributed by atoms with Gasteiger partial charge >= 0.3 is 6.18 Å². The van der Waals surface area contributed by atoms with Crippen LogP contribution in [0.25, 0.3) is 0 Å². The SMILES string of the molecule is COc1ccc(Oc2ncc(C(F)(F)F)cc2C(=O)Nc2cccc(S(C)(=O)=O)c2)c(F)c1Cl. The van der Waals surface area contributed by atoms with Crippen molar-refractivity contribution in [2.45, 2.75) is 11.1 Å². The average molecular weight is 519 g/mol. The van der Waals surface area contributed by atoms with Crippen LogP contribution in [0.1, 0.15) is 15.9 Å². The van der Waals surface area contributed by atoms with E-state index in [1.165, 1.54) is 31.4 Å². The van der Waals surface area contributed by atoms with Crippen LogP contribution in [0.4, 0.5) is 23.2 Å². The lowest BCUT2D eigenvalue weighted by Crippen LogP contribution is -2.16. The Labute approximate surface area is 196 Å². The van der Waals surface area contributed by atoms with Crippen LogP contribution in [0.2, 0.25) is 5.02 Å². The predicted octanol–water partition coefficient (Wildman–Crippen LogP) is 5.35. The number of carbonyl (C=O) groups excluding carboxylic acids is 1. The molecule has 0 atom stereocenters. The van der Waals surface area contributed by atoms with Crippen LogP contribution < -0.4 is 14.8 Å². The molecule has 2 aromatic carbocycles. The minimum atomic E-state index is -4.84. The number of aromatic nitrogens is 1. The molecule has 1 aromatic heterocycles. The fraction of sp³-hybridized carbons (Fsp3) is 0.143. The number of nitrogens with one attached hydrogen (secondary N) is 1. The molecule has 0 fully saturated rings. The number of halogens is 5. The molecule has 0 spiro atoms. The zero-order valence-electron chi connectivity index (χ0n) is 17.4. The highest BCUT2D eigenvalue weighted by molar-refractivity contribution is 7.90. The highest BCUT2D eigenvalue weighted by Crippen LogP contribution is 2.37. The van der Waals surface area contributed by atoms with Crippen LogP contribution >= 0.6 is 11.6 Å². The lowest BCUT2D eigenvalue weighted by molar-refractivity contribution is -0.137. The number of hydrogen-bond donors (Lipinski definition) is 1. The van der Waals surface area contributed by atoms with Crippen molar-refractivity contribution < 1.29 is 40.2 Å². The molecule has 180 valence electrons. The first-order valence-corrected chi connectivity index (χ1v) is 11.5. The van der Waals surface area contributed by atoms with Gasteiger partial charge in [-0.1, -0.05) is 17.7 Å². The van der Waals surface area contributed by atoms with Gasteiger partial charge in [-0.3, -0.25) is 4.79 Å². The minimum Gasteiger partial charge on any atom is -0.495 e. The summed E-state index contributed by atoms with van der Waals surface area (Å²) in [6, 6.07) is 7.89. The second-order valence-corrected chi connectivity index (χ2v) is 9.22. The average Bonchev–Trinajstić information content (AvgIpc) is 2.76. The van der Waals surface area contributed by atoms with Gasteiger partial charge in [-0.05, 0) is 36.4 Å². The number of pyridine rings is 1. The summed E-state index contributed by atoms with van der Waals surface area (Å²) in [4.78, 5) is 16.2. The van der Waals surface area contributed by atoms with Crippen LogP contribution in [0.15, 0.2) is 53.6 Å². The molecule has 0 saturated carbocycles. The third kappa shape index (κ3) is 5.57. The van der Waals surface area contributed by atoms with E-state index in [9.17, 15) is 30.8 Å². The van der Waals surface area contributed by atoms with Crippen molar-refractivity contribution in [3.05, 3.63) is 70.6 Å². The lowest BCUT2D eigenvalue weighted by atomic mass is 10.1. The van der Waals surface area contributed by atoms with Crippen LogP contribution in [0.3, 0.4) is 0 Å². The summed E-state index contributed by atoms with van der Waals surface area (Å²) in [5.41, 5.74) is -1.97. The third-order valence-electron chi connectivity index (χ3n) is 4.38. The number of methoxy groups -OCH3 is 1. The number of amides is 1. The van der Waals surface area contributed by atoms with Crippen molar-refractivity contribution in [2.75, 3.05) is 18.7 Å². The van der Waals surface area contributed by atoms with Gasteiger partial charge in [-0.15, -0.1) is 0 Å². The van der Waals surface area contributed by atoms with E-state index < -0.39 is 55.5 Å². The summed E-state index contributed by atoms with van der Waals surface area (Å²) in [7, 11) is -2.37. The Morgan fingerprint density at radius 2 is 1.79 bits per heavy atom. The standard InChI is InChI=1S/C21H15ClF4N2O5S/c1-32-15-6-7-16(18(23)17(15)22)33-20-14(8-11(10-27-20)21(24,25)26)19(29)28-12-4-3-5-13(9-12)34(2,30)31/h3-10H,1-2H3,(H,28,29). The Kier molecular flexibility index (Phi) is 7.03. The van der Waals surface area contributed by atoms with Gasteiger partial charge in [0.05, 0.1) is 17.6 Å². The zero-order valence-corrected chi connectivity index (χ0v) is 19.0. The van der Waals surface area contributed by atoms with Gasteiger partial charge in [0, 0.05) is 18.1 Å². The Balaban J connectivity index is 2.03. The number of carbonyl (C=O) groups is 1. The summed E-state index contributed by atoms with van der Waals surface area (Å²) in [6.45, 7) is 0. The molecule has 1 heterocycles. The van der Waals surface area contributed by atoms with Crippen molar-refractivity contribution in [3.8, 4) is 17.4 Å². The molecule has 7 nitrogen and oxygen atoms in total. The molecule has 1 amide bonds. The van der Waals surface area contributed by atoms with Gasteiger partial charge in [-0.2, -0.15) is 13.2 Å². The van der Waals surface area contributed by atoms with Crippen LogP contribution in [-0.2, 0) is 16.0 Å². The Morgan fingerprint density at radius 3 is 2.41 bits per heavy atom. The molecular weight excluding hydrogens is 504 g/mol. The van der Waals surface area contributed by atoms with Crippen LogP contribution in [-0.4, -0.2) is 32.7 Å². The van der Waals surface area contributed by atoms with Gasteiger partial charge in [-0.25, -0.2) is 17.8 Å². The smallest absolute Gasteiger partial charge is 0.417 e. The van der Waals surface area contributed by atoms with Crippen LogP contribution in [0.5, 0.6) is 17.4 Å². The Morgan fingerprint density at radius 1 is 1.12 bits per heavy atom. The zero-order chi connectivity index (χ0) is 25.3. The van der Waals surface area contributed by atoms with Crippen molar-refractivity contribution in [3.63, 3.8) is 0 Å². The number of hydrogen-bond acceptors (Lipinski definition) is 6. The molecule has 0 radical (unpaired) electrons. The molecule has 0 saturated heterocycles. The summed E-state index contributed by atoms with van der Waals surface area (Å²) in [5.74, 6) is -3.39. The quantitative estimate of drug-likeness (QED) is 0.442. The van der Waals surface area contributed by atoms with E-state index in [0.717, 1.165) is 18.4 Å². The topological polar surface area (TPSA) is 94.6 Å². The van der Waals surface area contributed by atoms with Crippen molar-refractivity contribution >= 4 is 33.0 Å². The molecule has 13 heteroatoms. The number of alkyl halides is 3. The van der Waals surface area contributed by atoms with Gasteiger partial charge in [0.1, 0.15) is 16.3 Å². The summed E-state index contributed by atoms with van der Waals surface area (Å²) in [6.07, 6.45) is -3.48. The molecule has 0 bridgehead atoms. The number of ether oxygens (including phenoxy) is 2. The van der Waals surface area contributed by atoms with Gasteiger partial charge in [0.25, 0.3) is 5.91 Å². The van der Waals surface area contributed by atoms with E-state index in [4.69, 9.17) is 21.1 Å². The summed E-state index contributed by atoms with van der Waals surface area (Å²) < 4.78 is 87.8. The largest absolute Gasteiger partial charge is 0.495 e. The predicted molar refractivity (Wildman–Crippen MR) is 115 cm³/mol. The number of anilines is 1. The van der Waals surface area contributed by atoms with E-state index in [1.807, 2.05) is 0 Å². The minimum absolute atomic E-state index is 0.0179. The molecule has 3 rings (SSSR count). The number of rotatable bonds is 6. The molecule has 0 aliphatic carbocycles. The van der Waals surface area contributed by atoms with Crippen molar-refractivity contribution in [1.29, 1.82) is 0 Å². The van der Waals surface area contributed by atoms with Crippen molar-refractivity contribution in [2.24, 2.45) is 0 Å². The molecule has 34 heavy (non-hydrogen) atoms. The van der Waals surface area contributed by atoms with E-state index >= 15 is 0 Å². The van der Waals surface area contributed by atoms with E-state index in [1.54, 1.807) is 0 Å². The maximum atomic E-state index is 14.5. The monoisotopic (exact) mass is 518 g/mol. The van der Waals surface area contributed by atoms with E-state index in [-0.39, 0.29) is 16.3 Å². The summed E-state index contributed by atoms with van der Waals surface area (Å²) in [5, 5.41) is 1.84. The maximum Gasteiger partial charge on any atom is 0.417 e. The van der Waals surface area contributed by atoms with Gasteiger partial charge in [0.15, 0.2) is 21.4 Å². The molecule has 0 unspecified atom stereocenters. The molecule has 0 aliphatic heterocycles. The normalized spacial score (nSPS) is 11.7. The first kappa shape index (κ1) is 25.2. The first-order chi connectivity index (χ1) is 15.8. The molecular formula is C21H15ClF4N2O5S. The van der Waals surface area contributed by atoms with Crippen molar-refractivity contribution in [1.82, 2.24) is 4.98 Å². The second-order valence-electron chi connectivity index (χ2n) is 6.82. The highest BCUT2D eigenvalue weighted by atomic mass is 35.5. The van der Waals surface area contributed by atoms with E-state index in [2.05, 4.69) is 10.3 Å².